The largest absolute Gasteiger partial charge is 0.367 e. The summed E-state index contributed by atoms with van der Waals surface area (Å²) in [6.07, 6.45) is 3.76. The minimum atomic E-state index is -0.286. The third kappa shape index (κ3) is 4.48. The van der Waals surface area contributed by atoms with E-state index < -0.39 is 0 Å². The lowest BCUT2D eigenvalue weighted by atomic mass is 10.1. The second kappa shape index (κ2) is 8.50. The van der Waals surface area contributed by atoms with E-state index >= 15 is 0 Å². The van der Waals surface area contributed by atoms with Crippen LogP contribution >= 0.6 is 0 Å². The molecule has 0 bridgehead atoms. The van der Waals surface area contributed by atoms with Crippen molar-refractivity contribution < 1.29 is 4.79 Å². The number of nitrogens with zero attached hydrogens (tertiary/aromatic N) is 6. The van der Waals surface area contributed by atoms with Gasteiger partial charge >= 0.3 is 6.03 Å². The SMILES string of the molecule is Cc1cccc(Cn2nc(C)c3c(NC(=O)N(C)c4cc(NC5CC5)ncn4)cccc32)n1. The van der Waals surface area contributed by atoms with Crippen molar-refractivity contribution in [1.29, 1.82) is 0 Å². The second-order valence-electron chi connectivity index (χ2n) is 8.38. The smallest absolute Gasteiger partial charge is 0.327 e. The number of aromatic nitrogens is 5. The summed E-state index contributed by atoms with van der Waals surface area (Å²) in [4.78, 5) is 27.6. The lowest BCUT2D eigenvalue weighted by Crippen LogP contribution is -2.32. The quantitative estimate of drug-likeness (QED) is 0.466. The lowest BCUT2D eigenvalue weighted by molar-refractivity contribution is 0.258. The maximum atomic E-state index is 13.0. The third-order valence-corrected chi connectivity index (χ3v) is 5.68. The number of aryl methyl sites for hydroxylation is 2. The first kappa shape index (κ1) is 20.9. The normalized spacial score (nSPS) is 13.2. The highest BCUT2D eigenvalue weighted by atomic mass is 16.2. The van der Waals surface area contributed by atoms with Gasteiger partial charge in [-0.05, 0) is 51.0 Å². The fraction of sp³-hybridized carbons (Fsp3) is 0.292. The monoisotopic (exact) mass is 442 g/mol. The van der Waals surface area contributed by atoms with Crippen LogP contribution in [0.25, 0.3) is 10.9 Å². The highest BCUT2D eigenvalue weighted by molar-refractivity contribution is 6.07. The number of amides is 2. The van der Waals surface area contributed by atoms with Gasteiger partial charge in [0.1, 0.15) is 18.0 Å². The molecule has 2 amide bonds. The van der Waals surface area contributed by atoms with E-state index in [2.05, 4.69) is 25.6 Å². The number of benzene rings is 1. The van der Waals surface area contributed by atoms with Crippen molar-refractivity contribution in [2.24, 2.45) is 0 Å². The number of pyridine rings is 1. The van der Waals surface area contributed by atoms with Crippen LogP contribution in [-0.2, 0) is 6.54 Å². The molecule has 2 N–H and O–H groups in total. The van der Waals surface area contributed by atoms with Crippen molar-refractivity contribution in [2.75, 3.05) is 22.6 Å². The molecule has 0 atom stereocenters. The summed E-state index contributed by atoms with van der Waals surface area (Å²) in [6.45, 7) is 4.48. The Morgan fingerprint density at radius 2 is 1.97 bits per heavy atom. The Labute approximate surface area is 191 Å². The van der Waals surface area contributed by atoms with Gasteiger partial charge in [0, 0.05) is 30.2 Å². The number of carbonyl (C=O) groups is 1. The molecular formula is C24H26N8O. The Morgan fingerprint density at radius 1 is 1.15 bits per heavy atom. The Hall–Kier alpha value is -4.01. The topological polar surface area (TPSA) is 101 Å². The number of fused-ring (bicyclic) bond motifs is 1. The Kier molecular flexibility index (Phi) is 5.37. The van der Waals surface area contributed by atoms with E-state index in [1.807, 2.05) is 54.9 Å². The molecule has 0 unspecified atom stereocenters. The van der Waals surface area contributed by atoms with Crippen molar-refractivity contribution in [3.63, 3.8) is 0 Å². The van der Waals surface area contributed by atoms with Gasteiger partial charge in [0.2, 0.25) is 0 Å². The van der Waals surface area contributed by atoms with Gasteiger partial charge in [-0.25, -0.2) is 14.8 Å². The van der Waals surface area contributed by atoms with Gasteiger partial charge in [-0.15, -0.1) is 0 Å². The maximum absolute atomic E-state index is 13.0. The molecule has 33 heavy (non-hydrogen) atoms. The second-order valence-corrected chi connectivity index (χ2v) is 8.38. The van der Waals surface area contributed by atoms with Gasteiger partial charge in [-0.2, -0.15) is 5.10 Å². The molecule has 3 heterocycles. The molecule has 1 saturated carbocycles. The van der Waals surface area contributed by atoms with E-state index in [1.54, 1.807) is 13.1 Å². The number of rotatable bonds is 6. The van der Waals surface area contributed by atoms with Crippen molar-refractivity contribution in [3.05, 3.63) is 65.9 Å². The third-order valence-electron chi connectivity index (χ3n) is 5.68. The van der Waals surface area contributed by atoms with Gasteiger partial charge in [-0.3, -0.25) is 14.6 Å². The van der Waals surface area contributed by atoms with E-state index in [1.165, 1.54) is 11.2 Å². The molecule has 5 rings (SSSR count). The van der Waals surface area contributed by atoms with Crippen LogP contribution in [0.2, 0.25) is 0 Å². The fourth-order valence-electron chi connectivity index (χ4n) is 3.84. The number of anilines is 3. The van der Waals surface area contributed by atoms with Crippen LogP contribution in [0.3, 0.4) is 0 Å². The summed E-state index contributed by atoms with van der Waals surface area (Å²) in [5, 5.41) is 12.0. The van der Waals surface area contributed by atoms with Crippen LogP contribution in [0.5, 0.6) is 0 Å². The maximum Gasteiger partial charge on any atom is 0.327 e. The van der Waals surface area contributed by atoms with Crippen molar-refractivity contribution in [3.8, 4) is 0 Å². The molecule has 1 fully saturated rings. The number of hydrogen-bond acceptors (Lipinski definition) is 6. The summed E-state index contributed by atoms with van der Waals surface area (Å²) in [7, 11) is 1.69. The van der Waals surface area contributed by atoms with Crippen molar-refractivity contribution in [1.82, 2.24) is 24.7 Å². The van der Waals surface area contributed by atoms with E-state index in [4.69, 9.17) is 5.10 Å². The fourth-order valence-corrected chi connectivity index (χ4v) is 3.84. The minimum absolute atomic E-state index is 0.286. The van der Waals surface area contributed by atoms with Crippen LogP contribution in [0.15, 0.2) is 48.8 Å². The zero-order chi connectivity index (χ0) is 22.9. The van der Waals surface area contributed by atoms with Crippen molar-refractivity contribution in [2.45, 2.75) is 39.3 Å². The van der Waals surface area contributed by atoms with Gasteiger partial charge in [-0.1, -0.05) is 12.1 Å². The first-order chi connectivity index (χ1) is 16.0. The highest BCUT2D eigenvalue weighted by Gasteiger charge is 2.22. The number of urea groups is 1. The lowest BCUT2D eigenvalue weighted by Gasteiger charge is -2.18. The zero-order valence-electron chi connectivity index (χ0n) is 18.9. The molecule has 0 radical (unpaired) electrons. The van der Waals surface area contributed by atoms with Gasteiger partial charge in [0.15, 0.2) is 0 Å². The molecule has 0 aliphatic heterocycles. The van der Waals surface area contributed by atoms with E-state index in [0.717, 1.165) is 46.6 Å². The predicted molar refractivity (Wildman–Crippen MR) is 129 cm³/mol. The Balaban J connectivity index is 1.38. The number of nitrogens with one attached hydrogen (secondary N) is 2. The number of hydrogen-bond donors (Lipinski definition) is 2. The molecule has 4 aromatic rings. The molecule has 1 aromatic carbocycles. The molecule has 0 spiro atoms. The summed E-state index contributed by atoms with van der Waals surface area (Å²) in [5.41, 5.74) is 4.39. The molecule has 1 aliphatic carbocycles. The first-order valence-electron chi connectivity index (χ1n) is 11.0. The van der Waals surface area contributed by atoms with Gasteiger partial charge < -0.3 is 10.6 Å². The number of carbonyl (C=O) groups excluding carboxylic acids is 1. The summed E-state index contributed by atoms with van der Waals surface area (Å²) in [6, 6.07) is 13.7. The van der Waals surface area contributed by atoms with Gasteiger partial charge in [0.05, 0.1) is 29.1 Å². The molecule has 9 nitrogen and oxygen atoms in total. The van der Waals surface area contributed by atoms with Crippen LogP contribution in [0.4, 0.5) is 22.1 Å². The molecule has 1 aliphatic rings. The highest BCUT2D eigenvalue weighted by Crippen LogP contribution is 2.28. The average Bonchev–Trinajstić information content (AvgIpc) is 3.56. The van der Waals surface area contributed by atoms with E-state index in [0.29, 0.717) is 24.1 Å². The zero-order valence-corrected chi connectivity index (χ0v) is 18.9. The Bertz CT molecular complexity index is 1330. The first-order valence-corrected chi connectivity index (χ1v) is 11.0. The van der Waals surface area contributed by atoms with Crippen molar-refractivity contribution >= 4 is 34.3 Å². The Morgan fingerprint density at radius 3 is 2.76 bits per heavy atom. The summed E-state index contributed by atoms with van der Waals surface area (Å²) < 4.78 is 1.92. The average molecular weight is 443 g/mol. The molecule has 168 valence electrons. The van der Waals surface area contributed by atoms with E-state index in [-0.39, 0.29) is 6.03 Å². The van der Waals surface area contributed by atoms with E-state index in [9.17, 15) is 4.79 Å². The van der Waals surface area contributed by atoms with Crippen LogP contribution in [-0.4, -0.2) is 43.9 Å². The van der Waals surface area contributed by atoms with Crippen LogP contribution < -0.4 is 15.5 Å². The van der Waals surface area contributed by atoms with Crippen LogP contribution in [0, 0.1) is 13.8 Å². The minimum Gasteiger partial charge on any atom is -0.367 e. The predicted octanol–water partition coefficient (Wildman–Crippen LogP) is 4.13. The standard InChI is InChI=1S/C24H26N8O/c1-15-6-4-7-18(27-15)13-32-20-9-5-8-19(23(20)16(2)30-32)29-24(33)31(3)22-12-21(25-14-26-22)28-17-10-11-17/h4-9,12,14,17H,10-11,13H2,1-3H3,(H,29,33)(H,25,26,28). The summed E-state index contributed by atoms with van der Waals surface area (Å²) >= 11 is 0. The van der Waals surface area contributed by atoms with Gasteiger partial charge in [0.25, 0.3) is 0 Å². The summed E-state index contributed by atoms with van der Waals surface area (Å²) in [5.74, 6) is 1.25. The molecule has 3 aromatic heterocycles. The molecule has 9 heteroatoms. The van der Waals surface area contributed by atoms with Crippen LogP contribution in [0.1, 0.15) is 29.9 Å². The molecular weight excluding hydrogens is 416 g/mol. The molecule has 0 saturated heterocycles.